The molecule has 26 heavy (non-hydrogen) atoms. The summed E-state index contributed by atoms with van der Waals surface area (Å²) in [6, 6.07) is 10.4. The summed E-state index contributed by atoms with van der Waals surface area (Å²) in [5, 5.41) is 3.46. The average Bonchev–Trinajstić information content (AvgIpc) is 3.13. The van der Waals surface area contributed by atoms with Crippen LogP contribution in [-0.2, 0) is 16.1 Å². The maximum Gasteiger partial charge on any atom is 0.193 e. The van der Waals surface area contributed by atoms with Gasteiger partial charge < -0.3 is 19.7 Å². The third-order valence-corrected chi connectivity index (χ3v) is 4.65. The van der Waals surface area contributed by atoms with Crippen molar-refractivity contribution in [3.05, 3.63) is 35.9 Å². The number of nitrogens with one attached hydrogen (secondary N) is 1. The van der Waals surface area contributed by atoms with Gasteiger partial charge in [-0.15, -0.1) is 0 Å². The van der Waals surface area contributed by atoms with Gasteiger partial charge in [0.15, 0.2) is 5.96 Å². The second kappa shape index (κ2) is 12.7. The summed E-state index contributed by atoms with van der Waals surface area (Å²) in [7, 11) is 1.86. The summed E-state index contributed by atoms with van der Waals surface area (Å²) in [4.78, 5) is 6.77. The first-order chi connectivity index (χ1) is 12.8. The van der Waals surface area contributed by atoms with E-state index in [0.717, 1.165) is 64.7 Å². The molecule has 2 rings (SSSR count). The third kappa shape index (κ3) is 7.75. The van der Waals surface area contributed by atoms with Crippen LogP contribution in [0, 0.1) is 5.92 Å². The number of ether oxygens (including phenoxy) is 2. The fourth-order valence-corrected chi connectivity index (χ4v) is 3.13. The summed E-state index contributed by atoms with van der Waals surface area (Å²) in [6.07, 6.45) is 4.52. The molecule has 1 aliphatic heterocycles. The number of hydrogen-bond donors (Lipinski definition) is 1. The van der Waals surface area contributed by atoms with Crippen LogP contribution in [0.4, 0.5) is 0 Å². The van der Waals surface area contributed by atoms with Gasteiger partial charge in [0, 0.05) is 45.8 Å². The zero-order valence-corrected chi connectivity index (χ0v) is 16.5. The van der Waals surface area contributed by atoms with E-state index in [-0.39, 0.29) is 0 Å². The zero-order valence-electron chi connectivity index (χ0n) is 16.5. The Hall–Kier alpha value is -1.59. The van der Waals surface area contributed by atoms with Gasteiger partial charge in [0.1, 0.15) is 0 Å². The Labute approximate surface area is 158 Å². The highest BCUT2D eigenvalue weighted by Gasteiger charge is 2.24. The minimum Gasteiger partial charge on any atom is -0.381 e. The average molecular weight is 362 g/mol. The molecular formula is C21H35N3O2. The van der Waals surface area contributed by atoms with Crippen LogP contribution < -0.4 is 5.32 Å². The molecule has 0 bridgehead atoms. The van der Waals surface area contributed by atoms with Gasteiger partial charge in [0.05, 0.1) is 13.2 Å². The molecule has 1 atom stereocenters. The van der Waals surface area contributed by atoms with Crippen molar-refractivity contribution in [1.29, 1.82) is 0 Å². The maximum atomic E-state index is 5.91. The number of guanidine groups is 1. The SMILES string of the molecule is CCCCOCCCNC(=NC)N1CCC(COCc2ccccc2)C1. The fourth-order valence-electron chi connectivity index (χ4n) is 3.13. The predicted molar refractivity (Wildman–Crippen MR) is 107 cm³/mol. The Morgan fingerprint density at radius 3 is 2.77 bits per heavy atom. The number of unbranched alkanes of at least 4 members (excludes halogenated alkanes) is 1. The predicted octanol–water partition coefficient (Wildman–Crippen LogP) is 3.31. The van der Waals surface area contributed by atoms with Crippen LogP contribution in [-0.4, -0.2) is 57.4 Å². The first-order valence-electron chi connectivity index (χ1n) is 9.98. The summed E-state index contributed by atoms with van der Waals surface area (Å²) in [5.74, 6) is 1.58. The van der Waals surface area contributed by atoms with Crippen molar-refractivity contribution < 1.29 is 9.47 Å². The molecule has 0 aliphatic carbocycles. The lowest BCUT2D eigenvalue weighted by molar-refractivity contribution is 0.0906. The number of hydrogen-bond acceptors (Lipinski definition) is 3. The highest BCUT2D eigenvalue weighted by Crippen LogP contribution is 2.17. The van der Waals surface area contributed by atoms with Crippen molar-refractivity contribution in [2.75, 3.05) is 46.5 Å². The van der Waals surface area contributed by atoms with Gasteiger partial charge in [-0.05, 0) is 24.8 Å². The Morgan fingerprint density at radius 1 is 1.19 bits per heavy atom. The molecule has 1 fully saturated rings. The van der Waals surface area contributed by atoms with Crippen molar-refractivity contribution >= 4 is 5.96 Å². The number of aliphatic imine (C=N–C) groups is 1. The van der Waals surface area contributed by atoms with Crippen LogP contribution in [0.2, 0.25) is 0 Å². The normalized spacial score (nSPS) is 17.7. The molecule has 1 aromatic rings. The smallest absolute Gasteiger partial charge is 0.193 e. The standard InChI is InChI=1S/C21H35N3O2/c1-3-4-14-25-15-8-12-23-21(22-2)24-13-11-20(16-24)18-26-17-19-9-6-5-7-10-19/h5-7,9-10,20H,3-4,8,11-18H2,1-2H3,(H,22,23). The topological polar surface area (TPSA) is 46.1 Å². The van der Waals surface area contributed by atoms with Crippen LogP contribution in [0.25, 0.3) is 0 Å². The lowest BCUT2D eigenvalue weighted by Gasteiger charge is -2.21. The molecule has 1 heterocycles. The van der Waals surface area contributed by atoms with E-state index in [1.54, 1.807) is 0 Å². The zero-order chi connectivity index (χ0) is 18.5. The van der Waals surface area contributed by atoms with Gasteiger partial charge in [-0.25, -0.2) is 0 Å². The molecule has 1 unspecified atom stereocenters. The van der Waals surface area contributed by atoms with E-state index in [2.05, 4.69) is 46.4 Å². The van der Waals surface area contributed by atoms with E-state index >= 15 is 0 Å². The van der Waals surface area contributed by atoms with E-state index in [9.17, 15) is 0 Å². The number of rotatable bonds is 11. The lowest BCUT2D eigenvalue weighted by Crippen LogP contribution is -2.40. The fraction of sp³-hybridized carbons (Fsp3) is 0.667. The monoisotopic (exact) mass is 361 g/mol. The van der Waals surface area contributed by atoms with E-state index < -0.39 is 0 Å². The molecule has 0 saturated carbocycles. The molecule has 1 N–H and O–H groups in total. The first-order valence-corrected chi connectivity index (χ1v) is 9.98. The largest absolute Gasteiger partial charge is 0.381 e. The van der Waals surface area contributed by atoms with Crippen LogP contribution in [0.5, 0.6) is 0 Å². The minimum atomic E-state index is 0.578. The molecule has 0 amide bonds. The first kappa shape index (κ1) is 20.7. The quantitative estimate of drug-likeness (QED) is 0.373. The summed E-state index contributed by atoms with van der Waals surface area (Å²) >= 11 is 0. The van der Waals surface area contributed by atoms with Gasteiger partial charge in [-0.3, -0.25) is 4.99 Å². The van der Waals surface area contributed by atoms with E-state index in [1.807, 2.05) is 13.1 Å². The van der Waals surface area contributed by atoms with Crippen LogP contribution >= 0.6 is 0 Å². The second-order valence-corrected chi connectivity index (χ2v) is 6.89. The molecule has 5 nitrogen and oxygen atoms in total. The maximum absolute atomic E-state index is 5.91. The highest BCUT2D eigenvalue weighted by atomic mass is 16.5. The van der Waals surface area contributed by atoms with E-state index in [0.29, 0.717) is 12.5 Å². The molecular weight excluding hydrogens is 326 g/mol. The molecule has 1 aliphatic rings. The minimum absolute atomic E-state index is 0.578. The Morgan fingerprint density at radius 2 is 2.00 bits per heavy atom. The molecule has 0 spiro atoms. The Bertz CT molecular complexity index is 507. The van der Waals surface area contributed by atoms with Crippen molar-refractivity contribution in [3.8, 4) is 0 Å². The van der Waals surface area contributed by atoms with Crippen molar-refractivity contribution in [2.24, 2.45) is 10.9 Å². The van der Waals surface area contributed by atoms with Crippen molar-refractivity contribution in [2.45, 2.75) is 39.2 Å². The van der Waals surface area contributed by atoms with Gasteiger partial charge in [-0.2, -0.15) is 0 Å². The van der Waals surface area contributed by atoms with Gasteiger partial charge >= 0.3 is 0 Å². The molecule has 1 aromatic carbocycles. The van der Waals surface area contributed by atoms with Crippen LogP contribution in [0.15, 0.2) is 35.3 Å². The lowest BCUT2D eigenvalue weighted by atomic mass is 10.1. The Kier molecular flexibility index (Phi) is 10.1. The number of benzene rings is 1. The van der Waals surface area contributed by atoms with Crippen molar-refractivity contribution in [3.63, 3.8) is 0 Å². The summed E-state index contributed by atoms with van der Waals surface area (Å²) in [5.41, 5.74) is 1.24. The number of likely N-dealkylation sites (tertiary alicyclic amines) is 1. The van der Waals surface area contributed by atoms with Gasteiger partial charge in [0.25, 0.3) is 0 Å². The third-order valence-electron chi connectivity index (χ3n) is 4.65. The van der Waals surface area contributed by atoms with E-state index in [4.69, 9.17) is 9.47 Å². The van der Waals surface area contributed by atoms with Gasteiger partial charge in [0.2, 0.25) is 0 Å². The molecule has 1 saturated heterocycles. The number of nitrogens with zero attached hydrogens (tertiary/aromatic N) is 2. The highest BCUT2D eigenvalue weighted by molar-refractivity contribution is 5.80. The van der Waals surface area contributed by atoms with E-state index in [1.165, 1.54) is 12.0 Å². The van der Waals surface area contributed by atoms with Crippen LogP contribution in [0.1, 0.15) is 38.2 Å². The van der Waals surface area contributed by atoms with Crippen molar-refractivity contribution in [1.82, 2.24) is 10.2 Å². The molecule has 146 valence electrons. The second-order valence-electron chi connectivity index (χ2n) is 6.89. The summed E-state index contributed by atoms with van der Waals surface area (Å²) in [6.45, 7) is 8.36. The molecule has 5 heteroatoms. The van der Waals surface area contributed by atoms with Gasteiger partial charge in [-0.1, -0.05) is 43.7 Å². The summed E-state index contributed by atoms with van der Waals surface area (Å²) < 4.78 is 11.5. The molecule has 0 aromatic heterocycles. The Balaban J connectivity index is 1.58. The molecule has 0 radical (unpaired) electrons. The van der Waals surface area contributed by atoms with Crippen LogP contribution in [0.3, 0.4) is 0 Å².